The van der Waals surface area contributed by atoms with Crippen molar-refractivity contribution in [3.63, 3.8) is 0 Å². The van der Waals surface area contributed by atoms with Gasteiger partial charge in [0, 0.05) is 0 Å². The second-order valence-electron chi connectivity index (χ2n) is 2.24. The molecule has 0 atom stereocenters. The number of hydrogen-bond donors (Lipinski definition) is 0. The summed E-state index contributed by atoms with van der Waals surface area (Å²) in [5.74, 6) is -1.61. The van der Waals surface area contributed by atoms with Crippen molar-refractivity contribution in [3.05, 3.63) is 48.1 Å². The lowest BCUT2D eigenvalue weighted by atomic mass is 10.1. The highest BCUT2D eigenvalue weighted by atomic mass is 19.2. The molecule has 0 aliphatic rings. The summed E-state index contributed by atoms with van der Waals surface area (Å²) in [5, 5.41) is 0. The number of allylic oxidation sites excluding steroid dienone is 1. The summed E-state index contributed by atoms with van der Waals surface area (Å²) in [4.78, 5) is 0. The van der Waals surface area contributed by atoms with Crippen molar-refractivity contribution < 1.29 is 8.78 Å². The number of halogens is 2. The largest absolute Gasteiger partial charge is 0.204 e. The number of hydrogen-bond acceptors (Lipinski definition) is 0. The molecule has 0 bridgehead atoms. The van der Waals surface area contributed by atoms with Crippen molar-refractivity contribution in [2.75, 3.05) is 0 Å². The van der Waals surface area contributed by atoms with E-state index in [1.165, 1.54) is 6.07 Å². The molecule has 0 spiro atoms. The molecular formula is C11H14F2. The average Bonchev–Trinajstić information content (AvgIpc) is 2.15. The van der Waals surface area contributed by atoms with E-state index in [1.807, 2.05) is 13.8 Å². The fraction of sp³-hybridized carbons (Fsp3) is 0.273. The molecule has 0 aromatic heterocycles. The summed E-state index contributed by atoms with van der Waals surface area (Å²) in [6, 6.07) is 3.84. The lowest BCUT2D eigenvalue weighted by molar-refractivity contribution is 0.507. The van der Waals surface area contributed by atoms with Crippen LogP contribution in [0.2, 0.25) is 0 Å². The smallest absolute Gasteiger partial charge is 0.159 e. The minimum atomic E-state index is -0.808. The first-order chi connectivity index (χ1) is 6.24. The zero-order chi connectivity index (χ0) is 10.3. The molecule has 0 saturated heterocycles. The molecule has 1 aromatic rings. The van der Waals surface area contributed by atoms with Crippen molar-refractivity contribution in [1.29, 1.82) is 0 Å². The van der Waals surface area contributed by atoms with Crippen LogP contribution in [0.1, 0.15) is 19.4 Å². The molecule has 1 aromatic carbocycles. The Morgan fingerprint density at radius 3 is 2.31 bits per heavy atom. The monoisotopic (exact) mass is 184 g/mol. The van der Waals surface area contributed by atoms with Gasteiger partial charge in [-0.15, -0.1) is 6.58 Å². The molecule has 2 heteroatoms. The van der Waals surface area contributed by atoms with Crippen molar-refractivity contribution in [2.24, 2.45) is 0 Å². The van der Waals surface area contributed by atoms with Crippen LogP contribution in [0.4, 0.5) is 8.78 Å². The van der Waals surface area contributed by atoms with Gasteiger partial charge in [-0.1, -0.05) is 26.0 Å². The van der Waals surface area contributed by atoms with Gasteiger partial charge in [-0.05, 0) is 24.1 Å². The Labute approximate surface area is 77.9 Å². The molecule has 0 nitrogen and oxygen atoms in total. The van der Waals surface area contributed by atoms with Gasteiger partial charge in [0.05, 0.1) is 0 Å². The van der Waals surface area contributed by atoms with Gasteiger partial charge in [0.15, 0.2) is 11.6 Å². The molecule has 0 amide bonds. The topological polar surface area (TPSA) is 0 Å². The van der Waals surface area contributed by atoms with Crippen molar-refractivity contribution in [1.82, 2.24) is 0 Å². The van der Waals surface area contributed by atoms with Crippen molar-refractivity contribution >= 4 is 0 Å². The lowest BCUT2D eigenvalue weighted by Gasteiger charge is -1.96. The van der Waals surface area contributed by atoms with Crippen molar-refractivity contribution in [2.45, 2.75) is 20.3 Å². The second kappa shape index (κ2) is 6.35. The van der Waals surface area contributed by atoms with E-state index < -0.39 is 11.6 Å². The summed E-state index contributed by atoms with van der Waals surface area (Å²) in [6.45, 7) is 7.49. The van der Waals surface area contributed by atoms with Gasteiger partial charge >= 0.3 is 0 Å². The van der Waals surface area contributed by atoms with Crippen LogP contribution in [0.25, 0.3) is 0 Å². The van der Waals surface area contributed by atoms with Crippen LogP contribution in [0.15, 0.2) is 30.9 Å². The third-order valence-corrected chi connectivity index (χ3v) is 1.36. The third-order valence-electron chi connectivity index (χ3n) is 1.36. The summed E-state index contributed by atoms with van der Waals surface area (Å²) in [7, 11) is 0. The lowest BCUT2D eigenvalue weighted by Crippen LogP contribution is -1.86. The van der Waals surface area contributed by atoms with E-state index in [0.29, 0.717) is 6.42 Å². The first-order valence-corrected chi connectivity index (χ1v) is 4.29. The molecule has 0 N–H and O–H groups in total. The molecule has 72 valence electrons. The molecule has 0 radical (unpaired) electrons. The van der Waals surface area contributed by atoms with Crippen LogP contribution >= 0.6 is 0 Å². The van der Waals surface area contributed by atoms with Gasteiger partial charge in [-0.3, -0.25) is 0 Å². The first kappa shape index (κ1) is 11.8. The summed E-state index contributed by atoms with van der Waals surface area (Å²) < 4.78 is 24.8. The van der Waals surface area contributed by atoms with Gasteiger partial charge in [-0.25, -0.2) is 8.78 Å². The molecule has 13 heavy (non-hydrogen) atoms. The molecule has 1 rings (SSSR count). The van der Waals surface area contributed by atoms with Crippen LogP contribution in [-0.2, 0) is 6.42 Å². The highest BCUT2D eigenvalue weighted by molar-refractivity contribution is 5.19. The molecule has 0 aliphatic carbocycles. The number of rotatable bonds is 2. The second-order valence-corrected chi connectivity index (χ2v) is 2.24. The molecule has 0 saturated carbocycles. The molecule has 0 heterocycles. The van der Waals surface area contributed by atoms with Gasteiger partial charge < -0.3 is 0 Å². The Balaban J connectivity index is 0.000000671. The highest BCUT2D eigenvalue weighted by Crippen LogP contribution is 2.08. The fourth-order valence-electron chi connectivity index (χ4n) is 0.833. The Morgan fingerprint density at radius 1 is 1.23 bits per heavy atom. The predicted molar refractivity (Wildman–Crippen MR) is 51.6 cm³/mol. The van der Waals surface area contributed by atoms with E-state index in [-0.39, 0.29) is 0 Å². The Morgan fingerprint density at radius 2 is 1.85 bits per heavy atom. The minimum Gasteiger partial charge on any atom is -0.204 e. The standard InChI is InChI=1S/C9H8F2.C2H6/c1-2-3-7-4-5-8(10)9(11)6-7;1-2/h2,4-6H,1,3H2;1-2H3. The number of benzene rings is 1. The predicted octanol–water partition coefficient (Wildman–Crippen LogP) is 3.72. The van der Waals surface area contributed by atoms with Crippen molar-refractivity contribution in [3.8, 4) is 0 Å². The average molecular weight is 184 g/mol. The van der Waals surface area contributed by atoms with Gasteiger partial charge in [0.25, 0.3) is 0 Å². The van der Waals surface area contributed by atoms with Crippen LogP contribution in [0.3, 0.4) is 0 Å². The first-order valence-electron chi connectivity index (χ1n) is 4.29. The van der Waals surface area contributed by atoms with E-state index in [9.17, 15) is 8.78 Å². The van der Waals surface area contributed by atoms with E-state index in [1.54, 1.807) is 12.1 Å². The fourth-order valence-corrected chi connectivity index (χ4v) is 0.833. The minimum absolute atomic E-state index is 0.567. The van der Waals surface area contributed by atoms with Crippen LogP contribution < -0.4 is 0 Å². The van der Waals surface area contributed by atoms with E-state index in [2.05, 4.69) is 6.58 Å². The maximum absolute atomic E-state index is 12.5. The summed E-state index contributed by atoms with van der Waals surface area (Å²) in [6.07, 6.45) is 2.21. The molecule has 0 unspecified atom stereocenters. The SMILES string of the molecule is C=CCc1ccc(F)c(F)c1.CC. The zero-order valence-electron chi connectivity index (χ0n) is 7.98. The third kappa shape index (κ3) is 3.83. The Kier molecular flexibility index (Phi) is 5.77. The van der Waals surface area contributed by atoms with E-state index in [0.717, 1.165) is 11.6 Å². The van der Waals surface area contributed by atoms with Gasteiger partial charge in [0.2, 0.25) is 0 Å². The Bertz CT molecular complexity index is 267. The normalized spacial score (nSPS) is 8.62. The summed E-state index contributed by atoms with van der Waals surface area (Å²) in [5.41, 5.74) is 0.735. The van der Waals surface area contributed by atoms with E-state index >= 15 is 0 Å². The van der Waals surface area contributed by atoms with Crippen LogP contribution in [0.5, 0.6) is 0 Å². The van der Waals surface area contributed by atoms with Crippen LogP contribution in [0, 0.1) is 11.6 Å². The molecule has 0 fully saturated rings. The van der Waals surface area contributed by atoms with E-state index in [4.69, 9.17) is 0 Å². The Hall–Kier alpha value is -1.18. The van der Waals surface area contributed by atoms with Crippen LogP contribution in [-0.4, -0.2) is 0 Å². The van der Waals surface area contributed by atoms with Gasteiger partial charge in [-0.2, -0.15) is 0 Å². The summed E-state index contributed by atoms with van der Waals surface area (Å²) >= 11 is 0. The zero-order valence-corrected chi connectivity index (χ0v) is 7.98. The highest BCUT2D eigenvalue weighted by Gasteiger charge is 1.99. The molecular weight excluding hydrogens is 170 g/mol. The maximum atomic E-state index is 12.5. The maximum Gasteiger partial charge on any atom is 0.159 e. The quantitative estimate of drug-likeness (QED) is 0.614. The molecule has 0 aliphatic heterocycles. The van der Waals surface area contributed by atoms with Gasteiger partial charge in [0.1, 0.15) is 0 Å².